The molecular formula is C9H8O5. The molecule has 0 fully saturated rings. The normalized spacial score (nSPS) is 15.9. The molecule has 0 aromatic carbocycles. The number of ether oxygens (including phenoxy) is 2. The van der Waals surface area contributed by atoms with Crippen molar-refractivity contribution >= 4 is 17.5 Å². The van der Waals surface area contributed by atoms with Gasteiger partial charge in [-0.2, -0.15) is 0 Å². The zero-order valence-corrected chi connectivity index (χ0v) is 7.70. The lowest BCUT2D eigenvalue weighted by Crippen LogP contribution is -2.23. The summed E-state index contributed by atoms with van der Waals surface area (Å²) in [4.78, 5) is 33.2. The molecule has 1 aliphatic rings. The van der Waals surface area contributed by atoms with E-state index in [-0.39, 0.29) is 11.3 Å². The van der Waals surface area contributed by atoms with E-state index in [1.165, 1.54) is 20.3 Å². The maximum absolute atomic E-state index is 11.2. The summed E-state index contributed by atoms with van der Waals surface area (Å²) < 4.78 is 9.08. The van der Waals surface area contributed by atoms with E-state index in [9.17, 15) is 14.4 Å². The summed E-state index contributed by atoms with van der Waals surface area (Å²) in [5.74, 6) is -2.53. The van der Waals surface area contributed by atoms with E-state index in [0.717, 1.165) is 6.08 Å². The molecule has 0 N–H and O–H groups in total. The van der Waals surface area contributed by atoms with Crippen molar-refractivity contribution in [2.24, 2.45) is 0 Å². The molecule has 0 amide bonds. The highest BCUT2D eigenvalue weighted by molar-refractivity contribution is 6.48. The minimum Gasteiger partial charge on any atom is -0.492 e. The highest BCUT2D eigenvalue weighted by Gasteiger charge is 2.28. The molecule has 74 valence electrons. The third-order valence-electron chi connectivity index (χ3n) is 1.69. The predicted octanol–water partition coefficient (Wildman–Crippen LogP) is -0.232. The van der Waals surface area contributed by atoms with Gasteiger partial charge in [0.1, 0.15) is 5.57 Å². The maximum Gasteiger partial charge on any atom is 0.341 e. The van der Waals surface area contributed by atoms with Crippen LogP contribution in [0.15, 0.2) is 23.5 Å². The molecule has 0 aromatic rings. The van der Waals surface area contributed by atoms with Gasteiger partial charge >= 0.3 is 5.97 Å². The fourth-order valence-electron chi connectivity index (χ4n) is 1.02. The predicted molar refractivity (Wildman–Crippen MR) is 45.2 cm³/mol. The van der Waals surface area contributed by atoms with E-state index in [1.54, 1.807) is 0 Å². The molecule has 0 radical (unpaired) electrons. The molecule has 1 rings (SSSR count). The summed E-state index contributed by atoms with van der Waals surface area (Å²) in [6.07, 6.45) is 2.21. The van der Waals surface area contributed by atoms with Crippen molar-refractivity contribution in [3.8, 4) is 0 Å². The summed E-state index contributed by atoms with van der Waals surface area (Å²) >= 11 is 0. The highest BCUT2D eigenvalue weighted by atomic mass is 16.5. The van der Waals surface area contributed by atoms with Gasteiger partial charge in [-0.25, -0.2) is 4.79 Å². The summed E-state index contributed by atoms with van der Waals surface area (Å²) in [6, 6.07) is 0. The van der Waals surface area contributed by atoms with Crippen molar-refractivity contribution in [2.45, 2.75) is 0 Å². The van der Waals surface area contributed by atoms with Crippen LogP contribution in [0.1, 0.15) is 0 Å². The maximum atomic E-state index is 11.2. The SMILES string of the molecule is COC(=O)C1=C(OC)C(=O)C(=O)C=C1. The Kier molecular flexibility index (Phi) is 2.81. The third-order valence-corrected chi connectivity index (χ3v) is 1.69. The lowest BCUT2D eigenvalue weighted by molar-refractivity contribution is -0.137. The Bertz CT molecular complexity index is 361. The van der Waals surface area contributed by atoms with Crippen molar-refractivity contribution < 1.29 is 23.9 Å². The van der Waals surface area contributed by atoms with Crippen LogP contribution in [-0.4, -0.2) is 31.8 Å². The molecule has 0 heterocycles. The van der Waals surface area contributed by atoms with Crippen molar-refractivity contribution in [3.05, 3.63) is 23.5 Å². The molecular weight excluding hydrogens is 188 g/mol. The number of ketones is 2. The number of esters is 1. The molecule has 5 nitrogen and oxygen atoms in total. The average Bonchev–Trinajstić information content (AvgIpc) is 2.20. The van der Waals surface area contributed by atoms with Gasteiger partial charge in [-0.1, -0.05) is 0 Å². The molecule has 1 aliphatic carbocycles. The first kappa shape index (κ1) is 10.2. The standard InChI is InChI=1S/C9H8O5/c1-13-8-5(9(12)14-2)3-4-6(10)7(8)11/h3-4H,1-2H3. The van der Waals surface area contributed by atoms with Gasteiger partial charge in [0.05, 0.1) is 14.2 Å². The van der Waals surface area contributed by atoms with Gasteiger partial charge in [0.2, 0.25) is 5.78 Å². The molecule has 0 aliphatic heterocycles. The topological polar surface area (TPSA) is 69.7 Å². The first-order valence-corrected chi connectivity index (χ1v) is 3.75. The van der Waals surface area contributed by atoms with Crippen LogP contribution in [0.3, 0.4) is 0 Å². The molecule has 14 heavy (non-hydrogen) atoms. The summed E-state index contributed by atoms with van der Waals surface area (Å²) in [5.41, 5.74) is -0.0420. The first-order valence-electron chi connectivity index (χ1n) is 3.75. The molecule has 0 saturated heterocycles. The number of carbonyl (C=O) groups excluding carboxylic acids is 3. The van der Waals surface area contributed by atoms with Crippen LogP contribution in [0.25, 0.3) is 0 Å². The van der Waals surface area contributed by atoms with Crippen LogP contribution < -0.4 is 0 Å². The van der Waals surface area contributed by atoms with Gasteiger partial charge in [0, 0.05) is 0 Å². The summed E-state index contributed by atoms with van der Waals surface area (Å²) in [6.45, 7) is 0. The fourth-order valence-corrected chi connectivity index (χ4v) is 1.02. The molecule has 0 unspecified atom stereocenters. The third kappa shape index (κ3) is 1.56. The Hall–Kier alpha value is -1.91. The average molecular weight is 196 g/mol. The van der Waals surface area contributed by atoms with E-state index in [4.69, 9.17) is 0 Å². The van der Waals surface area contributed by atoms with Crippen LogP contribution in [0.4, 0.5) is 0 Å². The lowest BCUT2D eigenvalue weighted by atomic mass is 10.0. The van der Waals surface area contributed by atoms with Gasteiger partial charge in [0.25, 0.3) is 5.78 Å². The molecule has 0 aromatic heterocycles. The van der Waals surface area contributed by atoms with E-state index in [0.29, 0.717) is 0 Å². The zero-order valence-electron chi connectivity index (χ0n) is 7.70. The quantitative estimate of drug-likeness (QED) is 0.346. The Morgan fingerprint density at radius 1 is 1.21 bits per heavy atom. The molecule has 5 heteroatoms. The van der Waals surface area contributed by atoms with Crippen LogP contribution in [-0.2, 0) is 23.9 Å². The molecule has 0 spiro atoms. The van der Waals surface area contributed by atoms with Gasteiger partial charge in [-0.05, 0) is 12.2 Å². The smallest absolute Gasteiger partial charge is 0.341 e. The van der Waals surface area contributed by atoms with Gasteiger partial charge in [-0.3, -0.25) is 9.59 Å². The van der Waals surface area contributed by atoms with Crippen LogP contribution in [0.5, 0.6) is 0 Å². The number of rotatable bonds is 2. The first-order chi connectivity index (χ1) is 6.61. The number of allylic oxidation sites excluding steroid dienone is 2. The van der Waals surface area contributed by atoms with Crippen molar-refractivity contribution in [2.75, 3.05) is 14.2 Å². The number of hydrogen-bond donors (Lipinski definition) is 0. The van der Waals surface area contributed by atoms with Crippen LogP contribution >= 0.6 is 0 Å². The number of carbonyl (C=O) groups is 3. The molecule has 0 bridgehead atoms. The van der Waals surface area contributed by atoms with E-state index in [2.05, 4.69) is 9.47 Å². The zero-order chi connectivity index (χ0) is 10.7. The highest BCUT2D eigenvalue weighted by Crippen LogP contribution is 2.15. The Labute approximate surface area is 80.0 Å². The molecule has 0 saturated carbocycles. The van der Waals surface area contributed by atoms with E-state index >= 15 is 0 Å². The number of Topliss-reactive ketones (excluding diaryl/α,β-unsaturated/α-hetero) is 1. The molecule has 0 atom stereocenters. The Morgan fingerprint density at radius 3 is 2.36 bits per heavy atom. The minimum atomic E-state index is -0.838. The largest absolute Gasteiger partial charge is 0.492 e. The Morgan fingerprint density at radius 2 is 1.86 bits per heavy atom. The number of methoxy groups -OCH3 is 2. The number of hydrogen-bond acceptors (Lipinski definition) is 5. The van der Waals surface area contributed by atoms with Crippen LogP contribution in [0.2, 0.25) is 0 Å². The van der Waals surface area contributed by atoms with Crippen molar-refractivity contribution in [3.63, 3.8) is 0 Å². The fraction of sp³-hybridized carbons (Fsp3) is 0.222. The monoisotopic (exact) mass is 196 g/mol. The van der Waals surface area contributed by atoms with Crippen molar-refractivity contribution in [1.82, 2.24) is 0 Å². The van der Waals surface area contributed by atoms with Crippen LogP contribution in [0, 0.1) is 0 Å². The Balaban J connectivity index is 3.18. The minimum absolute atomic E-state index is 0.0420. The van der Waals surface area contributed by atoms with E-state index in [1.807, 2.05) is 0 Å². The second-order valence-electron chi connectivity index (χ2n) is 2.47. The second kappa shape index (κ2) is 3.87. The van der Waals surface area contributed by atoms with Gasteiger partial charge in [-0.15, -0.1) is 0 Å². The van der Waals surface area contributed by atoms with Crippen molar-refractivity contribution in [1.29, 1.82) is 0 Å². The van der Waals surface area contributed by atoms with E-state index < -0.39 is 17.5 Å². The van der Waals surface area contributed by atoms with Gasteiger partial charge < -0.3 is 9.47 Å². The summed E-state index contributed by atoms with van der Waals surface area (Å²) in [5, 5.41) is 0. The van der Waals surface area contributed by atoms with Gasteiger partial charge in [0.15, 0.2) is 5.76 Å². The second-order valence-corrected chi connectivity index (χ2v) is 2.47. The lowest BCUT2D eigenvalue weighted by Gasteiger charge is -2.10. The summed E-state index contributed by atoms with van der Waals surface area (Å²) in [7, 11) is 2.39.